The first-order valence-electron chi connectivity index (χ1n) is 7.90. The monoisotopic (exact) mass is 355 g/mol. The molecule has 0 aromatic heterocycles. The fourth-order valence-electron chi connectivity index (χ4n) is 3.03. The summed E-state index contributed by atoms with van der Waals surface area (Å²) < 4.78 is 44.2. The molecule has 2 unspecified atom stereocenters. The molecular formula is C17H20F3N3O2. The van der Waals surface area contributed by atoms with Gasteiger partial charge in [0.05, 0.1) is 12.7 Å². The van der Waals surface area contributed by atoms with E-state index in [2.05, 4.69) is 5.32 Å². The number of likely N-dealkylation sites (tertiary alicyclic amines) is 1. The van der Waals surface area contributed by atoms with E-state index in [1.165, 1.54) is 7.11 Å². The summed E-state index contributed by atoms with van der Waals surface area (Å²) >= 11 is 0. The molecule has 2 rings (SSSR count). The van der Waals surface area contributed by atoms with Crippen LogP contribution in [0.2, 0.25) is 0 Å². The molecule has 8 heteroatoms. The number of halogens is 3. The summed E-state index contributed by atoms with van der Waals surface area (Å²) in [6.45, 7) is 1.59. The third kappa shape index (κ3) is 4.63. The lowest BCUT2D eigenvalue weighted by Crippen LogP contribution is -2.57. The van der Waals surface area contributed by atoms with Crippen LogP contribution in [0.15, 0.2) is 18.2 Å². The Morgan fingerprint density at radius 2 is 2.16 bits per heavy atom. The molecule has 1 aromatic carbocycles. The van der Waals surface area contributed by atoms with Gasteiger partial charge in [-0.3, -0.25) is 4.79 Å². The van der Waals surface area contributed by atoms with Gasteiger partial charge in [0.2, 0.25) is 5.91 Å². The number of nitrogens with zero attached hydrogens (tertiary/aromatic N) is 2. The highest BCUT2D eigenvalue weighted by Crippen LogP contribution is 2.32. The fraction of sp³-hybridized carbons (Fsp3) is 0.529. The fourth-order valence-corrected chi connectivity index (χ4v) is 3.03. The van der Waals surface area contributed by atoms with Gasteiger partial charge in [-0.25, -0.2) is 0 Å². The van der Waals surface area contributed by atoms with Crippen molar-refractivity contribution in [2.24, 2.45) is 0 Å². The van der Waals surface area contributed by atoms with Crippen LogP contribution in [-0.2, 0) is 11.3 Å². The van der Waals surface area contributed by atoms with E-state index in [-0.39, 0.29) is 19.0 Å². The Bertz CT molecular complexity index is 670. The summed E-state index contributed by atoms with van der Waals surface area (Å²) in [5.74, 6) is -0.123. The summed E-state index contributed by atoms with van der Waals surface area (Å²) in [4.78, 5) is 12.5. The maximum Gasteiger partial charge on any atom is 0.408 e. The molecule has 0 saturated carbocycles. The van der Waals surface area contributed by atoms with Crippen molar-refractivity contribution >= 4 is 5.91 Å². The zero-order valence-corrected chi connectivity index (χ0v) is 14.1. The normalized spacial score (nSPS) is 20.9. The van der Waals surface area contributed by atoms with Crippen molar-refractivity contribution in [2.45, 2.75) is 44.6 Å². The van der Waals surface area contributed by atoms with E-state index < -0.39 is 18.1 Å². The van der Waals surface area contributed by atoms with Crippen molar-refractivity contribution in [2.75, 3.05) is 13.7 Å². The van der Waals surface area contributed by atoms with Gasteiger partial charge in [-0.15, -0.1) is 0 Å². The minimum absolute atomic E-state index is 0.0208. The summed E-state index contributed by atoms with van der Waals surface area (Å²) in [6, 6.07) is 5.21. The number of piperidine rings is 1. The maximum atomic E-state index is 13.0. The number of benzene rings is 1. The molecule has 0 spiro atoms. The van der Waals surface area contributed by atoms with Gasteiger partial charge in [-0.05, 0) is 30.5 Å². The van der Waals surface area contributed by atoms with Crippen LogP contribution in [-0.4, -0.2) is 42.7 Å². The first-order valence-corrected chi connectivity index (χ1v) is 7.90. The Labute approximate surface area is 144 Å². The second kappa shape index (κ2) is 7.74. The van der Waals surface area contributed by atoms with Crippen molar-refractivity contribution in [1.29, 1.82) is 5.26 Å². The molecule has 1 aromatic rings. The standard InChI is InChI=1S/C17H20F3N3O2/c1-11(24)23-10-14(5-6-16(23)17(18,19)20)22-9-12-3-4-13(8-21)15(7-12)25-2/h3-4,7,14,16,22H,5-6,9-10H2,1-2H3. The third-order valence-electron chi connectivity index (χ3n) is 4.35. The van der Waals surface area contributed by atoms with E-state index >= 15 is 0 Å². The van der Waals surface area contributed by atoms with Gasteiger partial charge in [0.25, 0.3) is 0 Å². The largest absolute Gasteiger partial charge is 0.495 e. The first-order chi connectivity index (χ1) is 11.8. The number of hydrogen-bond donors (Lipinski definition) is 1. The number of carbonyl (C=O) groups is 1. The predicted molar refractivity (Wildman–Crippen MR) is 84.8 cm³/mol. The van der Waals surface area contributed by atoms with E-state index in [4.69, 9.17) is 10.00 Å². The molecule has 1 aliphatic rings. The summed E-state index contributed by atoms with van der Waals surface area (Å²) in [5.41, 5.74) is 1.27. The van der Waals surface area contributed by atoms with Crippen LogP contribution in [0.3, 0.4) is 0 Å². The molecule has 1 N–H and O–H groups in total. The Balaban J connectivity index is 2.01. The highest BCUT2D eigenvalue weighted by Gasteiger charge is 2.47. The van der Waals surface area contributed by atoms with Crippen molar-refractivity contribution in [3.05, 3.63) is 29.3 Å². The number of ether oxygens (including phenoxy) is 1. The summed E-state index contributed by atoms with van der Waals surface area (Å²) in [6.07, 6.45) is -4.18. The topological polar surface area (TPSA) is 65.4 Å². The van der Waals surface area contributed by atoms with Crippen molar-refractivity contribution in [3.63, 3.8) is 0 Å². The molecule has 2 atom stereocenters. The van der Waals surface area contributed by atoms with E-state index in [9.17, 15) is 18.0 Å². The molecule has 1 aliphatic heterocycles. The molecule has 1 amide bonds. The zero-order chi connectivity index (χ0) is 18.6. The molecule has 136 valence electrons. The van der Waals surface area contributed by atoms with E-state index in [1.807, 2.05) is 6.07 Å². The minimum atomic E-state index is -4.41. The number of nitriles is 1. The van der Waals surface area contributed by atoms with E-state index in [0.717, 1.165) is 17.4 Å². The quantitative estimate of drug-likeness (QED) is 0.902. The zero-order valence-electron chi connectivity index (χ0n) is 14.1. The maximum absolute atomic E-state index is 13.0. The summed E-state index contributed by atoms with van der Waals surface area (Å²) in [5, 5.41) is 12.2. The van der Waals surface area contributed by atoms with Gasteiger partial charge in [-0.1, -0.05) is 6.07 Å². The smallest absolute Gasteiger partial charge is 0.408 e. The second-order valence-electron chi connectivity index (χ2n) is 6.03. The molecule has 0 aliphatic carbocycles. The number of amides is 1. The van der Waals surface area contributed by atoms with Gasteiger partial charge >= 0.3 is 6.18 Å². The van der Waals surface area contributed by atoms with Crippen LogP contribution >= 0.6 is 0 Å². The lowest BCUT2D eigenvalue weighted by atomic mass is 9.97. The van der Waals surface area contributed by atoms with Crippen LogP contribution in [0.1, 0.15) is 30.9 Å². The minimum Gasteiger partial charge on any atom is -0.495 e. The first kappa shape index (κ1) is 19.1. The van der Waals surface area contributed by atoms with Crippen LogP contribution in [0.25, 0.3) is 0 Å². The molecule has 1 heterocycles. The number of rotatable bonds is 4. The van der Waals surface area contributed by atoms with Gasteiger partial charge in [0.15, 0.2) is 0 Å². The van der Waals surface area contributed by atoms with Gasteiger partial charge in [0.1, 0.15) is 17.9 Å². The number of nitrogens with one attached hydrogen (secondary N) is 1. The molecule has 0 bridgehead atoms. The van der Waals surface area contributed by atoms with Gasteiger partial charge in [-0.2, -0.15) is 18.4 Å². The molecule has 0 radical (unpaired) electrons. The Morgan fingerprint density at radius 1 is 1.44 bits per heavy atom. The number of alkyl halides is 3. The van der Waals surface area contributed by atoms with Crippen LogP contribution < -0.4 is 10.1 Å². The van der Waals surface area contributed by atoms with E-state index in [1.54, 1.807) is 18.2 Å². The number of carbonyl (C=O) groups excluding carboxylic acids is 1. The van der Waals surface area contributed by atoms with Crippen LogP contribution in [0.4, 0.5) is 13.2 Å². The highest BCUT2D eigenvalue weighted by atomic mass is 19.4. The van der Waals surface area contributed by atoms with Crippen molar-refractivity contribution in [1.82, 2.24) is 10.2 Å². The average molecular weight is 355 g/mol. The number of hydrogen-bond acceptors (Lipinski definition) is 4. The molecule has 25 heavy (non-hydrogen) atoms. The molecule has 1 fully saturated rings. The Morgan fingerprint density at radius 3 is 2.72 bits per heavy atom. The highest BCUT2D eigenvalue weighted by molar-refractivity contribution is 5.74. The molecule has 1 saturated heterocycles. The van der Waals surface area contributed by atoms with Gasteiger partial charge in [0, 0.05) is 26.1 Å². The predicted octanol–water partition coefficient (Wildman–Crippen LogP) is 2.60. The van der Waals surface area contributed by atoms with Crippen molar-refractivity contribution in [3.8, 4) is 11.8 Å². The van der Waals surface area contributed by atoms with Crippen LogP contribution in [0, 0.1) is 11.3 Å². The molecule has 5 nitrogen and oxygen atoms in total. The van der Waals surface area contributed by atoms with Gasteiger partial charge < -0.3 is 15.0 Å². The van der Waals surface area contributed by atoms with E-state index in [0.29, 0.717) is 24.3 Å². The van der Waals surface area contributed by atoms with Crippen molar-refractivity contribution < 1.29 is 22.7 Å². The van der Waals surface area contributed by atoms with Crippen LogP contribution in [0.5, 0.6) is 5.75 Å². The second-order valence-corrected chi connectivity index (χ2v) is 6.03. The lowest BCUT2D eigenvalue weighted by molar-refractivity contribution is -0.196. The lowest BCUT2D eigenvalue weighted by Gasteiger charge is -2.40. The Kier molecular flexibility index (Phi) is 5.90. The third-order valence-corrected chi connectivity index (χ3v) is 4.35. The average Bonchev–Trinajstić information content (AvgIpc) is 2.58. The SMILES string of the molecule is COc1cc(CNC2CCC(C(F)(F)F)N(C(C)=O)C2)ccc1C#N. The number of methoxy groups -OCH3 is 1. The summed E-state index contributed by atoms with van der Waals surface area (Å²) in [7, 11) is 1.47. The molecular weight excluding hydrogens is 335 g/mol. The Hall–Kier alpha value is -2.27.